The number of hydrogen-bond acceptors (Lipinski definition) is 3. The Morgan fingerprint density at radius 3 is 2.39 bits per heavy atom. The summed E-state index contributed by atoms with van der Waals surface area (Å²) in [5.74, 6) is 0. The van der Waals surface area contributed by atoms with Gasteiger partial charge in [-0.3, -0.25) is 0 Å². The summed E-state index contributed by atoms with van der Waals surface area (Å²) >= 11 is 3.70. The number of thioether (sulfide) groups is 1. The normalized spacial score (nSPS) is 15.2. The molecule has 0 aliphatic carbocycles. The number of fused-ring (bicyclic) bond motifs is 6. The van der Waals surface area contributed by atoms with Crippen molar-refractivity contribution in [3.05, 3.63) is 95.0 Å². The molecule has 6 rings (SSSR count). The average molecular weight is 438 g/mol. The molecule has 2 nitrogen and oxygen atoms in total. The molecule has 5 aromatic rings. The van der Waals surface area contributed by atoms with Gasteiger partial charge < -0.3 is 4.90 Å². The SMILES string of the molecule is CN1C(=CC=Cc2sc3c4ccccc4ccc3[n+]2C)Sc2c1ccc1ccccc21. The Bertz CT molecular complexity index is 1540. The molecule has 4 aromatic carbocycles. The van der Waals surface area contributed by atoms with Gasteiger partial charge in [0.2, 0.25) is 5.52 Å². The van der Waals surface area contributed by atoms with E-state index < -0.39 is 0 Å². The molecule has 0 unspecified atom stereocenters. The van der Waals surface area contributed by atoms with Crippen molar-refractivity contribution in [2.75, 3.05) is 11.9 Å². The van der Waals surface area contributed by atoms with Crippen LogP contribution in [0.25, 0.3) is 37.8 Å². The van der Waals surface area contributed by atoms with Crippen molar-refractivity contribution >= 4 is 66.6 Å². The molecule has 0 saturated carbocycles. The van der Waals surface area contributed by atoms with E-state index in [-0.39, 0.29) is 0 Å². The summed E-state index contributed by atoms with van der Waals surface area (Å²) in [6.45, 7) is 0. The smallest absolute Gasteiger partial charge is 0.262 e. The molecule has 4 heteroatoms. The highest BCUT2D eigenvalue weighted by atomic mass is 32.2. The van der Waals surface area contributed by atoms with Crippen LogP contribution in [0.15, 0.2) is 94.9 Å². The van der Waals surface area contributed by atoms with E-state index in [2.05, 4.69) is 115 Å². The maximum absolute atomic E-state index is 2.29. The lowest BCUT2D eigenvalue weighted by atomic mass is 10.1. The number of nitrogens with zero attached hydrogens (tertiary/aromatic N) is 2. The van der Waals surface area contributed by atoms with Crippen LogP contribution < -0.4 is 9.47 Å². The fourth-order valence-corrected chi connectivity index (χ4v) is 6.69. The Hall–Kier alpha value is -3.08. The number of hydrogen-bond donors (Lipinski definition) is 0. The first-order chi connectivity index (χ1) is 15.2. The van der Waals surface area contributed by atoms with Gasteiger partial charge in [0.25, 0.3) is 5.01 Å². The van der Waals surface area contributed by atoms with E-state index in [1.807, 2.05) is 23.1 Å². The minimum atomic E-state index is 1.25. The van der Waals surface area contributed by atoms with Gasteiger partial charge in [0.05, 0.1) is 10.7 Å². The second-order valence-electron chi connectivity index (χ2n) is 7.79. The number of benzene rings is 4. The van der Waals surface area contributed by atoms with Crippen molar-refractivity contribution in [2.45, 2.75) is 4.90 Å². The van der Waals surface area contributed by atoms with Crippen molar-refractivity contribution < 1.29 is 4.57 Å². The number of allylic oxidation sites excluding steroid dienone is 2. The van der Waals surface area contributed by atoms with Gasteiger partial charge in [-0.05, 0) is 34.4 Å². The third-order valence-electron chi connectivity index (χ3n) is 5.99. The van der Waals surface area contributed by atoms with E-state index >= 15 is 0 Å². The Balaban J connectivity index is 1.36. The molecule has 0 amide bonds. The van der Waals surface area contributed by atoms with Crippen LogP contribution in [-0.2, 0) is 7.05 Å². The maximum atomic E-state index is 2.29. The van der Waals surface area contributed by atoms with E-state index in [0.29, 0.717) is 0 Å². The molecule has 1 aliphatic heterocycles. The molecule has 0 spiro atoms. The first kappa shape index (κ1) is 18.7. The number of thiazole rings is 1. The van der Waals surface area contributed by atoms with Gasteiger partial charge in [0.1, 0.15) is 11.7 Å². The third kappa shape index (κ3) is 2.98. The number of rotatable bonds is 2. The fourth-order valence-electron chi connectivity index (χ4n) is 4.29. The Morgan fingerprint density at radius 1 is 0.839 bits per heavy atom. The van der Waals surface area contributed by atoms with Crippen molar-refractivity contribution in [3.8, 4) is 0 Å². The highest BCUT2D eigenvalue weighted by Crippen LogP contribution is 2.48. The highest BCUT2D eigenvalue weighted by Gasteiger charge is 2.23. The summed E-state index contributed by atoms with van der Waals surface area (Å²) in [4.78, 5) is 3.63. The van der Waals surface area contributed by atoms with Crippen LogP contribution in [0.4, 0.5) is 5.69 Å². The summed E-state index contributed by atoms with van der Waals surface area (Å²) < 4.78 is 3.63. The topological polar surface area (TPSA) is 7.12 Å². The van der Waals surface area contributed by atoms with Crippen LogP contribution in [0.3, 0.4) is 0 Å². The van der Waals surface area contributed by atoms with Gasteiger partial charge in [0.15, 0.2) is 0 Å². The van der Waals surface area contributed by atoms with Crippen LogP contribution in [0, 0.1) is 0 Å². The minimum Gasteiger partial charge on any atom is -0.338 e. The maximum Gasteiger partial charge on any atom is 0.262 e. The van der Waals surface area contributed by atoms with E-state index in [4.69, 9.17) is 0 Å². The zero-order valence-electron chi connectivity index (χ0n) is 17.4. The number of anilines is 1. The van der Waals surface area contributed by atoms with Crippen LogP contribution >= 0.6 is 23.1 Å². The molecule has 0 atom stereocenters. The Morgan fingerprint density at radius 2 is 1.55 bits per heavy atom. The molecule has 150 valence electrons. The van der Waals surface area contributed by atoms with Crippen LogP contribution in [0.5, 0.6) is 0 Å². The van der Waals surface area contributed by atoms with Gasteiger partial charge in [-0.25, -0.2) is 0 Å². The molecule has 0 fully saturated rings. The third-order valence-corrected chi connectivity index (χ3v) is 8.50. The molecule has 0 N–H and O–H groups in total. The van der Waals surface area contributed by atoms with Gasteiger partial charge in [0, 0.05) is 29.5 Å². The first-order valence-corrected chi connectivity index (χ1v) is 12.0. The lowest BCUT2D eigenvalue weighted by Crippen LogP contribution is -2.28. The standard InChI is InChI=1S/C27H21N2S2/c1-28-22-16-14-18-8-3-5-10-20(18)26(22)30-24(28)12-7-13-25-29(2)23-17-15-19-9-4-6-11-21(19)27(23)31-25/h3-17H,1-2H3/q+1. The van der Waals surface area contributed by atoms with Gasteiger partial charge in [-0.2, -0.15) is 4.57 Å². The van der Waals surface area contributed by atoms with Crippen molar-refractivity contribution in [3.63, 3.8) is 0 Å². The van der Waals surface area contributed by atoms with E-state index in [0.717, 1.165) is 0 Å². The molecule has 2 heterocycles. The van der Waals surface area contributed by atoms with Crippen LogP contribution in [-0.4, -0.2) is 7.05 Å². The van der Waals surface area contributed by atoms with Crippen molar-refractivity contribution in [1.29, 1.82) is 0 Å². The minimum absolute atomic E-state index is 1.25. The summed E-state index contributed by atoms with van der Waals surface area (Å²) in [6.07, 6.45) is 6.63. The first-order valence-electron chi connectivity index (χ1n) is 10.3. The van der Waals surface area contributed by atoms with Gasteiger partial charge >= 0.3 is 0 Å². The summed E-state index contributed by atoms with van der Waals surface area (Å²) in [5, 5.41) is 7.74. The van der Waals surface area contributed by atoms with Crippen LogP contribution in [0.2, 0.25) is 0 Å². The second-order valence-corrected chi connectivity index (χ2v) is 9.86. The zero-order valence-corrected chi connectivity index (χ0v) is 19.0. The average Bonchev–Trinajstić information content (AvgIpc) is 3.31. The zero-order chi connectivity index (χ0) is 20.9. The quantitative estimate of drug-likeness (QED) is 0.271. The molecule has 1 aromatic heterocycles. The Kier molecular flexibility index (Phi) is 4.37. The molecular formula is C27H21N2S2+. The molecule has 31 heavy (non-hydrogen) atoms. The lowest BCUT2D eigenvalue weighted by molar-refractivity contribution is -0.642. The fraction of sp³-hybridized carbons (Fsp3) is 0.0741. The monoisotopic (exact) mass is 437 g/mol. The van der Waals surface area contributed by atoms with E-state index in [1.165, 1.54) is 52.4 Å². The van der Waals surface area contributed by atoms with Crippen molar-refractivity contribution in [1.82, 2.24) is 0 Å². The summed E-state index contributed by atoms with van der Waals surface area (Å²) in [5.41, 5.74) is 2.56. The predicted molar refractivity (Wildman–Crippen MR) is 136 cm³/mol. The Labute approximate surface area is 189 Å². The van der Waals surface area contributed by atoms with Gasteiger partial charge in [-0.1, -0.05) is 83.8 Å². The molecule has 0 radical (unpaired) electrons. The van der Waals surface area contributed by atoms with Gasteiger partial charge in [-0.15, -0.1) is 0 Å². The molecule has 1 aliphatic rings. The van der Waals surface area contributed by atoms with E-state index in [9.17, 15) is 0 Å². The molecule has 0 saturated heterocycles. The largest absolute Gasteiger partial charge is 0.338 e. The van der Waals surface area contributed by atoms with E-state index in [1.54, 1.807) is 0 Å². The predicted octanol–water partition coefficient (Wildman–Crippen LogP) is 7.13. The molecular weight excluding hydrogens is 416 g/mol. The number of aromatic nitrogens is 1. The summed E-state index contributed by atoms with van der Waals surface area (Å²) in [7, 11) is 4.30. The second kappa shape index (κ2) is 7.26. The highest BCUT2D eigenvalue weighted by molar-refractivity contribution is 8.04. The lowest BCUT2D eigenvalue weighted by Gasteiger charge is -2.13. The van der Waals surface area contributed by atoms with Crippen LogP contribution in [0.1, 0.15) is 5.01 Å². The summed E-state index contributed by atoms with van der Waals surface area (Å²) in [6, 6.07) is 26.1. The number of aryl methyl sites for hydroxylation is 1. The van der Waals surface area contributed by atoms with Crippen molar-refractivity contribution in [2.24, 2.45) is 7.05 Å². The molecule has 0 bridgehead atoms.